The molecular formula is C23H23ClN2O4S. The molecule has 31 heavy (non-hydrogen) atoms. The zero-order valence-corrected chi connectivity index (χ0v) is 19.0. The Hall–Kier alpha value is -3.03. The summed E-state index contributed by atoms with van der Waals surface area (Å²) in [5.41, 5.74) is 2.37. The van der Waals surface area contributed by atoms with Gasteiger partial charge in [0.25, 0.3) is 15.9 Å². The van der Waals surface area contributed by atoms with Crippen LogP contribution in [0.25, 0.3) is 0 Å². The van der Waals surface area contributed by atoms with Gasteiger partial charge >= 0.3 is 0 Å². The molecule has 0 atom stereocenters. The molecule has 0 spiro atoms. The highest BCUT2D eigenvalue weighted by Gasteiger charge is 2.18. The lowest BCUT2D eigenvalue weighted by atomic mass is 10.1. The maximum Gasteiger partial charge on any atom is 0.261 e. The van der Waals surface area contributed by atoms with Crippen LogP contribution in [0.15, 0.2) is 71.6 Å². The van der Waals surface area contributed by atoms with Crippen molar-refractivity contribution in [1.82, 2.24) is 4.90 Å². The van der Waals surface area contributed by atoms with Crippen molar-refractivity contribution < 1.29 is 17.9 Å². The van der Waals surface area contributed by atoms with E-state index in [1.807, 2.05) is 31.2 Å². The molecule has 0 radical (unpaired) electrons. The van der Waals surface area contributed by atoms with Gasteiger partial charge in [-0.1, -0.05) is 47.5 Å². The second-order valence-electron chi connectivity index (χ2n) is 7.09. The molecule has 0 fully saturated rings. The minimum atomic E-state index is -3.79. The predicted octanol–water partition coefficient (Wildman–Crippen LogP) is 4.73. The van der Waals surface area contributed by atoms with E-state index in [2.05, 4.69) is 4.72 Å². The second kappa shape index (κ2) is 9.41. The van der Waals surface area contributed by atoms with Crippen LogP contribution in [0.4, 0.5) is 5.69 Å². The number of rotatable bonds is 7. The Morgan fingerprint density at radius 2 is 1.74 bits per heavy atom. The normalized spacial score (nSPS) is 11.1. The molecular weight excluding hydrogens is 436 g/mol. The van der Waals surface area contributed by atoms with Gasteiger partial charge in [-0.3, -0.25) is 9.52 Å². The molecule has 0 heterocycles. The third kappa shape index (κ3) is 5.37. The zero-order chi connectivity index (χ0) is 22.6. The van der Waals surface area contributed by atoms with Gasteiger partial charge in [0.2, 0.25) is 0 Å². The summed E-state index contributed by atoms with van der Waals surface area (Å²) in [6.07, 6.45) is 0. The number of para-hydroxylation sites is 1. The molecule has 0 bridgehead atoms. The van der Waals surface area contributed by atoms with Crippen molar-refractivity contribution in [3.63, 3.8) is 0 Å². The van der Waals surface area contributed by atoms with Crippen LogP contribution in [-0.2, 0) is 16.6 Å². The Morgan fingerprint density at radius 3 is 2.39 bits per heavy atom. The van der Waals surface area contributed by atoms with Crippen LogP contribution in [0.3, 0.4) is 0 Å². The number of amides is 1. The molecule has 0 aromatic heterocycles. The van der Waals surface area contributed by atoms with Crippen LogP contribution in [0, 0.1) is 6.92 Å². The SMILES string of the molecule is COc1ccccc1CN(C)C(=O)c1ccc(NS(=O)(=O)c2ccc(C)cc2)c(Cl)c1. The Balaban J connectivity index is 1.76. The topological polar surface area (TPSA) is 75.7 Å². The van der Waals surface area contributed by atoms with E-state index in [1.165, 1.54) is 24.3 Å². The number of aryl methyl sites for hydroxylation is 1. The molecule has 6 nitrogen and oxygen atoms in total. The molecule has 3 rings (SSSR count). The van der Waals surface area contributed by atoms with Gasteiger partial charge in [-0.2, -0.15) is 0 Å². The van der Waals surface area contributed by atoms with Crippen molar-refractivity contribution in [3.8, 4) is 5.75 Å². The summed E-state index contributed by atoms with van der Waals surface area (Å²) >= 11 is 6.29. The molecule has 0 saturated carbocycles. The van der Waals surface area contributed by atoms with E-state index < -0.39 is 10.0 Å². The van der Waals surface area contributed by atoms with Crippen molar-refractivity contribution >= 4 is 33.2 Å². The number of nitrogens with one attached hydrogen (secondary N) is 1. The first-order valence-electron chi connectivity index (χ1n) is 9.47. The minimum absolute atomic E-state index is 0.130. The first kappa shape index (κ1) is 22.7. The fraction of sp³-hybridized carbons (Fsp3) is 0.174. The summed E-state index contributed by atoms with van der Waals surface area (Å²) in [4.78, 5) is 14.5. The van der Waals surface area contributed by atoms with Gasteiger partial charge < -0.3 is 9.64 Å². The number of sulfonamides is 1. The van der Waals surface area contributed by atoms with Crippen LogP contribution in [-0.4, -0.2) is 33.4 Å². The van der Waals surface area contributed by atoms with Crippen molar-refractivity contribution in [3.05, 3.63) is 88.4 Å². The molecule has 162 valence electrons. The third-order valence-electron chi connectivity index (χ3n) is 4.74. The van der Waals surface area contributed by atoms with Gasteiger partial charge in [-0.05, 0) is 43.3 Å². The third-order valence-corrected chi connectivity index (χ3v) is 6.43. The van der Waals surface area contributed by atoms with E-state index in [0.717, 1.165) is 11.1 Å². The number of halogens is 1. The molecule has 0 aliphatic heterocycles. The maximum absolute atomic E-state index is 12.8. The Morgan fingerprint density at radius 1 is 1.06 bits per heavy atom. The largest absolute Gasteiger partial charge is 0.496 e. The number of carbonyl (C=O) groups excluding carboxylic acids is 1. The molecule has 1 N–H and O–H groups in total. The van der Waals surface area contributed by atoms with Gasteiger partial charge in [0.15, 0.2) is 0 Å². The number of nitrogens with zero attached hydrogens (tertiary/aromatic N) is 1. The van der Waals surface area contributed by atoms with Crippen molar-refractivity contribution in [2.75, 3.05) is 18.9 Å². The lowest BCUT2D eigenvalue weighted by Crippen LogP contribution is -2.26. The van der Waals surface area contributed by atoms with Crippen molar-refractivity contribution in [2.24, 2.45) is 0 Å². The van der Waals surface area contributed by atoms with Crippen LogP contribution in [0.1, 0.15) is 21.5 Å². The number of anilines is 1. The molecule has 3 aromatic rings. The monoisotopic (exact) mass is 458 g/mol. The smallest absolute Gasteiger partial charge is 0.261 e. The summed E-state index contributed by atoms with van der Waals surface area (Å²) in [6.45, 7) is 2.23. The Kier molecular flexibility index (Phi) is 6.87. The highest BCUT2D eigenvalue weighted by Crippen LogP contribution is 2.27. The van der Waals surface area contributed by atoms with E-state index >= 15 is 0 Å². The minimum Gasteiger partial charge on any atom is -0.496 e. The summed E-state index contributed by atoms with van der Waals surface area (Å²) in [5.74, 6) is 0.446. The second-order valence-corrected chi connectivity index (χ2v) is 9.18. The van der Waals surface area contributed by atoms with Gasteiger partial charge in [0.1, 0.15) is 5.75 Å². The van der Waals surface area contributed by atoms with Crippen LogP contribution < -0.4 is 9.46 Å². The molecule has 0 unspecified atom stereocenters. The molecule has 1 amide bonds. The average molecular weight is 459 g/mol. The lowest BCUT2D eigenvalue weighted by Gasteiger charge is -2.19. The summed E-state index contributed by atoms with van der Waals surface area (Å²) < 4.78 is 33.0. The predicted molar refractivity (Wildman–Crippen MR) is 122 cm³/mol. The van der Waals surface area contributed by atoms with Gasteiger partial charge in [0.05, 0.1) is 22.7 Å². The van der Waals surface area contributed by atoms with E-state index in [0.29, 0.717) is 17.9 Å². The average Bonchev–Trinajstić information content (AvgIpc) is 2.75. The number of benzene rings is 3. The lowest BCUT2D eigenvalue weighted by molar-refractivity contribution is 0.0784. The first-order valence-corrected chi connectivity index (χ1v) is 11.3. The van der Waals surface area contributed by atoms with Gasteiger partial charge in [-0.15, -0.1) is 0 Å². The Bertz CT molecular complexity index is 1190. The highest BCUT2D eigenvalue weighted by atomic mass is 35.5. The fourth-order valence-corrected chi connectivity index (χ4v) is 4.40. The molecule has 8 heteroatoms. The van der Waals surface area contributed by atoms with Crippen LogP contribution >= 0.6 is 11.6 Å². The molecule has 3 aromatic carbocycles. The van der Waals surface area contributed by atoms with E-state index in [1.54, 1.807) is 37.3 Å². The fourth-order valence-electron chi connectivity index (χ4n) is 3.03. The van der Waals surface area contributed by atoms with Crippen LogP contribution in [0.2, 0.25) is 5.02 Å². The zero-order valence-electron chi connectivity index (χ0n) is 17.4. The number of hydrogen-bond acceptors (Lipinski definition) is 4. The first-order chi connectivity index (χ1) is 14.7. The molecule has 0 aliphatic rings. The number of hydrogen-bond donors (Lipinski definition) is 1. The number of ether oxygens (including phenoxy) is 1. The maximum atomic E-state index is 12.8. The van der Waals surface area contributed by atoms with Gasteiger partial charge in [0, 0.05) is 24.7 Å². The van der Waals surface area contributed by atoms with E-state index in [4.69, 9.17) is 16.3 Å². The summed E-state index contributed by atoms with van der Waals surface area (Å²) in [5, 5.41) is 0.132. The number of methoxy groups -OCH3 is 1. The quantitative estimate of drug-likeness (QED) is 0.555. The van der Waals surface area contributed by atoms with Crippen molar-refractivity contribution in [1.29, 1.82) is 0 Å². The standard InChI is InChI=1S/C23H23ClN2O4S/c1-16-8-11-19(12-9-16)31(28,29)25-21-13-10-17(14-20(21)24)23(27)26(2)15-18-6-4-5-7-22(18)30-3/h4-14,25H,15H2,1-3H3. The molecule has 0 saturated heterocycles. The van der Waals surface area contributed by atoms with Gasteiger partial charge in [-0.25, -0.2) is 8.42 Å². The van der Waals surface area contributed by atoms with Crippen LogP contribution in [0.5, 0.6) is 5.75 Å². The van der Waals surface area contributed by atoms with Crippen molar-refractivity contribution in [2.45, 2.75) is 18.4 Å². The Labute approximate surface area is 187 Å². The number of carbonyl (C=O) groups is 1. The summed E-state index contributed by atoms with van der Waals surface area (Å²) in [6, 6.07) is 18.4. The van der Waals surface area contributed by atoms with E-state index in [-0.39, 0.29) is 21.5 Å². The summed E-state index contributed by atoms with van der Waals surface area (Å²) in [7, 11) is -0.537. The van der Waals surface area contributed by atoms with E-state index in [9.17, 15) is 13.2 Å². The highest BCUT2D eigenvalue weighted by molar-refractivity contribution is 7.92. The molecule has 0 aliphatic carbocycles.